The van der Waals surface area contributed by atoms with E-state index < -0.39 is 0 Å². The van der Waals surface area contributed by atoms with E-state index in [4.69, 9.17) is 4.52 Å². The van der Waals surface area contributed by atoms with Crippen molar-refractivity contribution in [2.45, 2.75) is 32.7 Å². The molecule has 2 heterocycles. The first-order valence-corrected chi connectivity index (χ1v) is 10.3. The normalized spacial score (nSPS) is 12.1. The first-order valence-electron chi connectivity index (χ1n) is 10.3. The standard InChI is InChI=1S/C24H24N4O3/c1-16-8-10-19(11-9-16)22-21-23(31-27-22)26-15-28(24(21)30)13-12-20(29)25-14-17(2)18-6-4-3-5-7-18/h3-11,15,17H,12-14H2,1-2H3,(H,25,29)/t17-/m1/s1. The lowest BCUT2D eigenvalue weighted by atomic mass is 10.0. The smallest absolute Gasteiger partial charge is 0.266 e. The molecule has 0 aliphatic heterocycles. The van der Waals surface area contributed by atoms with Gasteiger partial charge in [0.2, 0.25) is 5.91 Å². The molecule has 0 radical (unpaired) electrons. The van der Waals surface area contributed by atoms with Crippen LogP contribution in [0.1, 0.15) is 30.4 Å². The van der Waals surface area contributed by atoms with Crippen molar-refractivity contribution >= 4 is 17.0 Å². The summed E-state index contributed by atoms with van der Waals surface area (Å²) in [6.45, 7) is 4.82. The van der Waals surface area contributed by atoms with Gasteiger partial charge in [-0.2, -0.15) is 0 Å². The van der Waals surface area contributed by atoms with Gasteiger partial charge < -0.3 is 9.84 Å². The average molecular weight is 416 g/mol. The van der Waals surface area contributed by atoms with Crippen molar-refractivity contribution in [1.82, 2.24) is 20.0 Å². The SMILES string of the molecule is Cc1ccc(-c2noc3ncn(CCC(=O)NC[C@@H](C)c4ccccc4)c(=O)c23)cc1. The van der Waals surface area contributed by atoms with E-state index >= 15 is 0 Å². The molecule has 0 spiro atoms. The molecule has 7 heteroatoms. The van der Waals surface area contributed by atoms with E-state index in [0.717, 1.165) is 11.1 Å². The number of aryl methyl sites for hydroxylation is 2. The Morgan fingerprint density at radius 2 is 1.87 bits per heavy atom. The third-order valence-corrected chi connectivity index (χ3v) is 5.34. The molecular formula is C24H24N4O3. The number of carbonyl (C=O) groups is 1. The van der Waals surface area contributed by atoms with Gasteiger partial charge in [0.25, 0.3) is 11.3 Å². The van der Waals surface area contributed by atoms with Crippen LogP contribution in [0.25, 0.3) is 22.4 Å². The van der Waals surface area contributed by atoms with Gasteiger partial charge in [-0.05, 0) is 18.4 Å². The third kappa shape index (κ3) is 4.55. The predicted molar refractivity (Wildman–Crippen MR) is 119 cm³/mol. The van der Waals surface area contributed by atoms with Crippen LogP contribution < -0.4 is 10.9 Å². The molecule has 4 rings (SSSR count). The van der Waals surface area contributed by atoms with E-state index in [1.165, 1.54) is 16.5 Å². The van der Waals surface area contributed by atoms with E-state index in [9.17, 15) is 9.59 Å². The fourth-order valence-corrected chi connectivity index (χ4v) is 3.43. The van der Waals surface area contributed by atoms with Gasteiger partial charge in [-0.25, -0.2) is 4.98 Å². The molecule has 2 aromatic carbocycles. The van der Waals surface area contributed by atoms with Gasteiger partial charge in [0.05, 0.1) is 0 Å². The van der Waals surface area contributed by atoms with Crippen LogP contribution in [0, 0.1) is 6.92 Å². The lowest BCUT2D eigenvalue weighted by molar-refractivity contribution is -0.121. The number of rotatable bonds is 7. The molecule has 0 unspecified atom stereocenters. The molecule has 0 aliphatic rings. The van der Waals surface area contributed by atoms with Crippen LogP contribution in [0.5, 0.6) is 0 Å². The summed E-state index contributed by atoms with van der Waals surface area (Å²) in [6, 6.07) is 17.7. The average Bonchev–Trinajstić information content (AvgIpc) is 3.23. The van der Waals surface area contributed by atoms with Crippen molar-refractivity contribution in [3.05, 3.63) is 82.4 Å². The molecule has 4 aromatic rings. The van der Waals surface area contributed by atoms with Crippen LogP contribution in [-0.2, 0) is 11.3 Å². The largest absolute Gasteiger partial charge is 0.355 e. The van der Waals surface area contributed by atoms with Crippen molar-refractivity contribution in [3.8, 4) is 11.3 Å². The Morgan fingerprint density at radius 1 is 1.13 bits per heavy atom. The Balaban J connectivity index is 1.44. The van der Waals surface area contributed by atoms with Gasteiger partial charge >= 0.3 is 0 Å². The Kier molecular flexibility index (Phi) is 5.93. The second-order valence-electron chi connectivity index (χ2n) is 7.69. The highest BCUT2D eigenvalue weighted by Crippen LogP contribution is 2.24. The predicted octanol–water partition coefficient (Wildman–Crippen LogP) is 3.67. The summed E-state index contributed by atoms with van der Waals surface area (Å²) >= 11 is 0. The number of aromatic nitrogens is 3. The molecule has 7 nitrogen and oxygen atoms in total. The first kappa shape index (κ1) is 20.5. The summed E-state index contributed by atoms with van der Waals surface area (Å²) in [7, 11) is 0. The van der Waals surface area contributed by atoms with E-state index in [2.05, 4.69) is 22.4 Å². The van der Waals surface area contributed by atoms with Crippen LogP contribution in [0.2, 0.25) is 0 Å². The second-order valence-corrected chi connectivity index (χ2v) is 7.69. The summed E-state index contributed by atoms with van der Waals surface area (Å²) in [5, 5.41) is 7.30. The van der Waals surface area contributed by atoms with Crippen LogP contribution in [0.15, 0.2) is 70.2 Å². The summed E-state index contributed by atoms with van der Waals surface area (Å²) in [5.41, 5.74) is 3.45. The van der Waals surface area contributed by atoms with Crippen LogP contribution in [0.4, 0.5) is 0 Å². The number of nitrogens with one attached hydrogen (secondary N) is 1. The summed E-state index contributed by atoms with van der Waals surface area (Å²) in [4.78, 5) is 29.5. The molecule has 0 fully saturated rings. The van der Waals surface area contributed by atoms with Gasteiger partial charge in [-0.1, -0.05) is 72.2 Å². The molecule has 158 valence electrons. The monoisotopic (exact) mass is 416 g/mol. The van der Waals surface area contributed by atoms with E-state index in [0.29, 0.717) is 17.6 Å². The summed E-state index contributed by atoms with van der Waals surface area (Å²) in [6.07, 6.45) is 1.58. The molecule has 0 bridgehead atoms. The molecule has 0 aliphatic carbocycles. The molecule has 31 heavy (non-hydrogen) atoms. The number of hydrogen-bond acceptors (Lipinski definition) is 5. The topological polar surface area (TPSA) is 90.0 Å². The number of nitrogens with zero attached hydrogens (tertiary/aromatic N) is 3. The number of fused-ring (bicyclic) bond motifs is 1. The van der Waals surface area contributed by atoms with Crippen molar-refractivity contribution in [2.75, 3.05) is 6.54 Å². The highest BCUT2D eigenvalue weighted by Gasteiger charge is 2.17. The van der Waals surface area contributed by atoms with Crippen molar-refractivity contribution < 1.29 is 9.32 Å². The molecule has 1 N–H and O–H groups in total. The zero-order chi connectivity index (χ0) is 21.8. The van der Waals surface area contributed by atoms with Gasteiger partial charge in [-0.15, -0.1) is 0 Å². The van der Waals surface area contributed by atoms with Gasteiger partial charge in [-0.3, -0.25) is 14.2 Å². The maximum atomic E-state index is 13.0. The van der Waals surface area contributed by atoms with Crippen LogP contribution >= 0.6 is 0 Å². The highest BCUT2D eigenvalue weighted by atomic mass is 16.5. The summed E-state index contributed by atoms with van der Waals surface area (Å²) in [5.74, 6) is 0.0961. The number of carbonyl (C=O) groups excluding carboxylic acids is 1. The third-order valence-electron chi connectivity index (χ3n) is 5.34. The summed E-state index contributed by atoms with van der Waals surface area (Å²) < 4.78 is 6.68. The number of amides is 1. The minimum absolute atomic E-state index is 0.112. The van der Waals surface area contributed by atoms with Gasteiger partial charge in [0.15, 0.2) is 0 Å². The van der Waals surface area contributed by atoms with E-state index in [1.54, 1.807) is 0 Å². The first-order chi connectivity index (χ1) is 15.0. The second kappa shape index (κ2) is 8.95. The Bertz CT molecular complexity index is 1240. The molecular weight excluding hydrogens is 392 g/mol. The van der Waals surface area contributed by atoms with Crippen molar-refractivity contribution in [1.29, 1.82) is 0 Å². The molecule has 0 saturated heterocycles. The van der Waals surface area contributed by atoms with Gasteiger partial charge in [0.1, 0.15) is 17.4 Å². The van der Waals surface area contributed by atoms with Crippen LogP contribution in [-0.4, -0.2) is 27.2 Å². The number of benzene rings is 2. The fourth-order valence-electron chi connectivity index (χ4n) is 3.43. The maximum absolute atomic E-state index is 13.0. The maximum Gasteiger partial charge on any atom is 0.266 e. The lowest BCUT2D eigenvalue weighted by Gasteiger charge is -2.13. The highest BCUT2D eigenvalue weighted by molar-refractivity contribution is 5.88. The Labute approximate surface area is 179 Å². The van der Waals surface area contributed by atoms with E-state index in [-0.39, 0.29) is 36.1 Å². The molecule has 2 aromatic heterocycles. The van der Waals surface area contributed by atoms with Crippen molar-refractivity contribution in [2.24, 2.45) is 0 Å². The minimum atomic E-state index is -0.271. The Hall–Kier alpha value is -3.74. The van der Waals surface area contributed by atoms with Crippen LogP contribution in [0.3, 0.4) is 0 Å². The number of hydrogen-bond donors (Lipinski definition) is 1. The molecule has 1 atom stereocenters. The van der Waals surface area contributed by atoms with Crippen molar-refractivity contribution in [3.63, 3.8) is 0 Å². The molecule has 1 amide bonds. The zero-order valence-corrected chi connectivity index (χ0v) is 17.5. The van der Waals surface area contributed by atoms with Gasteiger partial charge in [0, 0.05) is 25.1 Å². The Morgan fingerprint density at radius 3 is 2.61 bits per heavy atom. The molecule has 0 saturated carbocycles. The lowest BCUT2D eigenvalue weighted by Crippen LogP contribution is -2.30. The zero-order valence-electron chi connectivity index (χ0n) is 17.5. The minimum Gasteiger partial charge on any atom is -0.355 e. The van der Waals surface area contributed by atoms with E-state index in [1.807, 2.05) is 61.5 Å². The quantitative estimate of drug-likeness (QED) is 0.496. The fraction of sp³-hybridized carbons (Fsp3) is 0.250.